The Balaban J connectivity index is 1.97. The molecule has 0 saturated heterocycles. The van der Waals surface area contributed by atoms with E-state index in [1.54, 1.807) is 19.6 Å². The van der Waals surface area contributed by atoms with E-state index in [0.29, 0.717) is 12.1 Å². The molecule has 2 aromatic carbocycles. The van der Waals surface area contributed by atoms with E-state index in [2.05, 4.69) is 20.8 Å². The van der Waals surface area contributed by atoms with Crippen molar-refractivity contribution in [3.8, 4) is 5.75 Å². The first-order valence-corrected chi connectivity index (χ1v) is 8.57. The molecule has 0 aliphatic carbocycles. The van der Waals surface area contributed by atoms with Crippen molar-refractivity contribution >= 4 is 12.9 Å². The van der Waals surface area contributed by atoms with E-state index >= 15 is 0 Å². The summed E-state index contributed by atoms with van der Waals surface area (Å²) in [7, 11) is 1.61. The third-order valence-corrected chi connectivity index (χ3v) is 4.77. The molecule has 0 bridgehead atoms. The highest BCUT2D eigenvalue weighted by Gasteiger charge is 2.33. The Morgan fingerprint density at radius 3 is 2.16 bits per heavy atom. The molecular formula is C21H27BFO2. The molecule has 0 aliphatic heterocycles. The molecule has 0 N–H and O–H groups in total. The Bertz CT molecular complexity index is 703. The van der Waals surface area contributed by atoms with Crippen molar-refractivity contribution in [2.24, 2.45) is 5.41 Å². The summed E-state index contributed by atoms with van der Waals surface area (Å²) >= 11 is 0. The maximum Gasteiger partial charge on any atom is 0.330 e. The van der Waals surface area contributed by atoms with E-state index in [1.165, 1.54) is 11.6 Å². The van der Waals surface area contributed by atoms with E-state index in [-0.39, 0.29) is 16.8 Å². The second kappa shape index (κ2) is 7.61. The Morgan fingerprint density at radius 2 is 1.60 bits per heavy atom. The number of hydrogen-bond donors (Lipinski definition) is 0. The highest BCUT2D eigenvalue weighted by molar-refractivity contribution is 6.47. The van der Waals surface area contributed by atoms with Crippen LogP contribution >= 0.6 is 0 Å². The van der Waals surface area contributed by atoms with Gasteiger partial charge in [0.1, 0.15) is 6.61 Å². The van der Waals surface area contributed by atoms with Crippen LogP contribution in [0.1, 0.15) is 45.7 Å². The van der Waals surface area contributed by atoms with Gasteiger partial charge in [0, 0.05) is 0 Å². The molecule has 0 aromatic heterocycles. The molecule has 0 fully saturated rings. The zero-order valence-corrected chi connectivity index (χ0v) is 16.0. The number of aryl methyl sites for hydroxylation is 1. The van der Waals surface area contributed by atoms with Crippen LogP contribution in [0.25, 0.3) is 0 Å². The van der Waals surface area contributed by atoms with Gasteiger partial charge < -0.3 is 9.39 Å². The molecule has 0 atom stereocenters. The van der Waals surface area contributed by atoms with Crippen molar-refractivity contribution in [2.45, 2.75) is 53.8 Å². The monoisotopic (exact) mass is 341 g/mol. The zero-order valence-electron chi connectivity index (χ0n) is 16.0. The third kappa shape index (κ3) is 5.33. The van der Waals surface area contributed by atoms with E-state index in [9.17, 15) is 4.39 Å². The Kier molecular flexibility index (Phi) is 5.94. The average Bonchev–Trinajstić information content (AvgIpc) is 2.52. The maximum atomic E-state index is 14.3. The third-order valence-electron chi connectivity index (χ3n) is 4.77. The van der Waals surface area contributed by atoms with Crippen LogP contribution in [-0.2, 0) is 11.3 Å². The summed E-state index contributed by atoms with van der Waals surface area (Å²) in [4.78, 5) is 0. The molecule has 0 unspecified atom stereocenters. The molecule has 4 heteroatoms. The minimum atomic E-state index is -0.391. The number of rotatable bonds is 6. The zero-order chi connectivity index (χ0) is 18.7. The summed E-state index contributed by atoms with van der Waals surface area (Å²) in [6.45, 7) is 12.8. The lowest BCUT2D eigenvalue weighted by molar-refractivity contribution is 0.00503. The molecular weight excluding hydrogens is 314 g/mol. The molecule has 0 saturated carbocycles. The predicted molar refractivity (Wildman–Crippen MR) is 102 cm³/mol. The lowest BCUT2D eigenvalue weighted by atomic mass is 9.76. The summed E-state index contributed by atoms with van der Waals surface area (Å²) in [6, 6.07) is 12.9. The van der Waals surface area contributed by atoms with E-state index < -0.39 is 5.82 Å². The molecule has 25 heavy (non-hydrogen) atoms. The van der Waals surface area contributed by atoms with Crippen LogP contribution in [0.5, 0.6) is 5.75 Å². The van der Waals surface area contributed by atoms with Crippen LogP contribution in [0.15, 0.2) is 42.5 Å². The molecule has 0 heterocycles. The average molecular weight is 341 g/mol. The number of benzene rings is 2. The van der Waals surface area contributed by atoms with Crippen molar-refractivity contribution in [1.29, 1.82) is 0 Å². The van der Waals surface area contributed by atoms with Gasteiger partial charge in [0.2, 0.25) is 0 Å². The second-order valence-corrected chi connectivity index (χ2v) is 7.96. The largest absolute Gasteiger partial charge is 0.486 e. The second-order valence-electron chi connectivity index (χ2n) is 7.96. The SMILES string of the molecule is Cc1ccc(COc2ccc([B]OC(C)(C)C(C)(C)C)cc2F)cc1. The topological polar surface area (TPSA) is 18.5 Å². The highest BCUT2D eigenvalue weighted by Crippen LogP contribution is 2.32. The molecule has 1 radical (unpaired) electrons. The van der Waals surface area contributed by atoms with Crippen LogP contribution in [0.2, 0.25) is 0 Å². The van der Waals surface area contributed by atoms with Gasteiger partial charge in [0.15, 0.2) is 11.6 Å². The molecule has 2 rings (SSSR count). The van der Waals surface area contributed by atoms with Crippen LogP contribution in [-0.4, -0.2) is 13.1 Å². The van der Waals surface area contributed by atoms with Gasteiger partial charge >= 0.3 is 7.48 Å². The van der Waals surface area contributed by atoms with Crippen LogP contribution in [0.3, 0.4) is 0 Å². The van der Waals surface area contributed by atoms with Gasteiger partial charge in [0.25, 0.3) is 0 Å². The number of ether oxygens (including phenoxy) is 1. The maximum absolute atomic E-state index is 14.3. The first kappa shape index (κ1) is 19.5. The fraction of sp³-hybridized carbons (Fsp3) is 0.429. The Labute approximate surface area is 151 Å². The van der Waals surface area contributed by atoms with Crippen LogP contribution < -0.4 is 10.2 Å². The summed E-state index contributed by atoms with van der Waals surface area (Å²) in [6.07, 6.45) is 0. The summed E-state index contributed by atoms with van der Waals surface area (Å²) < 4.78 is 25.7. The number of hydrogen-bond acceptors (Lipinski definition) is 2. The highest BCUT2D eigenvalue weighted by atomic mass is 19.1. The fourth-order valence-corrected chi connectivity index (χ4v) is 1.94. The van der Waals surface area contributed by atoms with Gasteiger partial charge in [-0.1, -0.05) is 62.1 Å². The molecule has 133 valence electrons. The quantitative estimate of drug-likeness (QED) is 0.703. The van der Waals surface area contributed by atoms with Gasteiger partial charge in [-0.25, -0.2) is 4.39 Å². The van der Waals surface area contributed by atoms with Crippen LogP contribution in [0, 0.1) is 18.2 Å². The predicted octanol–water partition coefficient (Wildman–Crippen LogP) is 4.80. The van der Waals surface area contributed by atoms with Crippen molar-refractivity contribution in [3.63, 3.8) is 0 Å². The number of halogens is 1. The van der Waals surface area contributed by atoms with Gasteiger partial charge in [-0.05, 0) is 43.9 Å². The fourth-order valence-electron chi connectivity index (χ4n) is 1.94. The summed E-state index contributed by atoms with van der Waals surface area (Å²) in [5.74, 6) is -0.147. The van der Waals surface area contributed by atoms with E-state index in [1.807, 2.05) is 45.0 Å². The standard InChI is InChI=1S/C21H27BFO2/c1-15-7-9-16(10-8-15)14-24-19-12-11-17(13-18(19)23)22-25-21(5,6)20(2,3)4/h7-13H,14H2,1-6H3. The Hall–Kier alpha value is -1.81. The summed E-state index contributed by atoms with van der Waals surface area (Å²) in [5, 5.41) is 0. The first-order chi connectivity index (χ1) is 11.6. The van der Waals surface area contributed by atoms with Gasteiger partial charge in [-0.15, -0.1) is 0 Å². The minimum Gasteiger partial charge on any atom is -0.486 e. The smallest absolute Gasteiger partial charge is 0.330 e. The van der Waals surface area contributed by atoms with Crippen molar-refractivity contribution < 1.29 is 13.8 Å². The lowest BCUT2D eigenvalue weighted by Crippen LogP contribution is -2.42. The molecule has 0 amide bonds. The van der Waals surface area contributed by atoms with Crippen LogP contribution in [0.4, 0.5) is 4.39 Å². The Morgan fingerprint density at radius 1 is 0.960 bits per heavy atom. The van der Waals surface area contributed by atoms with E-state index in [0.717, 1.165) is 5.56 Å². The lowest BCUT2D eigenvalue weighted by Gasteiger charge is -2.39. The van der Waals surface area contributed by atoms with Crippen molar-refractivity contribution in [2.75, 3.05) is 0 Å². The minimum absolute atomic E-state index is 0.0286. The van der Waals surface area contributed by atoms with E-state index in [4.69, 9.17) is 9.39 Å². The van der Waals surface area contributed by atoms with Gasteiger partial charge in [0.05, 0.1) is 5.60 Å². The van der Waals surface area contributed by atoms with Gasteiger partial charge in [-0.3, -0.25) is 0 Å². The first-order valence-electron chi connectivity index (χ1n) is 8.57. The molecule has 2 aromatic rings. The van der Waals surface area contributed by atoms with Crippen molar-refractivity contribution in [3.05, 3.63) is 59.4 Å². The molecule has 0 spiro atoms. The van der Waals surface area contributed by atoms with Crippen molar-refractivity contribution in [1.82, 2.24) is 0 Å². The molecule has 2 nitrogen and oxygen atoms in total. The normalized spacial score (nSPS) is 12.1. The molecule has 0 aliphatic rings. The van der Waals surface area contributed by atoms with Gasteiger partial charge in [-0.2, -0.15) is 0 Å². The summed E-state index contributed by atoms with van der Waals surface area (Å²) in [5.41, 5.74) is 2.49.